The molecule has 0 aromatic heterocycles. The molecule has 0 aliphatic carbocycles. The van der Waals surface area contributed by atoms with Gasteiger partial charge in [-0.3, -0.25) is 9.59 Å². The minimum atomic E-state index is -0.778. The molecule has 0 spiro atoms. The van der Waals surface area contributed by atoms with Gasteiger partial charge in [0.05, 0.1) is 0 Å². The van der Waals surface area contributed by atoms with E-state index in [1.807, 2.05) is 0 Å². The summed E-state index contributed by atoms with van der Waals surface area (Å²) in [5.74, 6) is -1.21. The second kappa shape index (κ2) is 7.86. The number of hydrogen-bond donors (Lipinski definition) is 1. The Morgan fingerprint density at radius 1 is 1.08 bits per heavy atom. The van der Waals surface area contributed by atoms with E-state index in [4.69, 9.17) is 17.0 Å². The lowest BCUT2D eigenvalue weighted by molar-refractivity contribution is -0.137. The monoisotopic (exact) mass is 208 g/mol. The summed E-state index contributed by atoms with van der Waals surface area (Å²) in [5.41, 5.74) is 0. The Hall–Kier alpha value is -0.770. The molecule has 4 nitrogen and oxygen atoms in total. The maximum Gasteiger partial charge on any atom is 0.324 e. The molecule has 5 heteroatoms. The summed E-state index contributed by atoms with van der Waals surface area (Å²) >= 11 is 4.81. The zero-order chi connectivity index (χ0) is 10.1. The molecular weight excluding hydrogens is 196 g/mol. The van der Waals surface area contributed by atoms with Crippen LogP contribution in [0.15, 0.2) is 0 Å². The summed E-state index contributed by atoms with van der Waals surface area (Å²) in [4.78, 5) is 20.6. The van der Waals surface area contributed by atoms with Gasteiger partial charge in [-0.15, -0.1) is 0 Å². The normalized spacial score (nSPS) is 9.62. The standard InChI is InChI=1S/C8H13ClO4/c9-13-8(12)6-4-2-1-3-5-7(10)11/h1-6H2,(H,10,11). The largest absolute Gasteiger partial charge is 0.481 e. The Balaban J connectivity index is 3.08. The van der Waals surface area contributed by atoms with Crippen LogP contribution in [0.4, 0.5) is 0 Å². The number of rotatable bonds is 7. The highest BCUT2D eigenvalue weighted by molar-refractivity contribution is 6.13. The highest BCUT2D eigenvalue weighted by Gasteiger charge is 2.01. The molecule has 76 valence electrons. The fourth-order valence-electron chi connectivity index (χ4n) is 0.938. The summed E-state index contributed by atoms with van der Waals surface area (Å²) in [6.45, 7) is 0. The highest BCUT2D eigenvalue weighted by atomic mass is 35.5. The van der Waals surface area contributed by atoms with Gasteiger partial charge in [-0.25, -0.2) is 0 Å². The Morgan fingerprint density at radius 3 is 2.08 bits per heavy atom. The Bertz CT molecular complexity index is 170. The first kappa shape index (κ1) is 12.2. The third-order valence-corrected chi connectivity index (χ3v) is 1.78. The number of halogens is 1. The smallest absolute Gasteiger partial charge is 0.324 e. The Kier molecular flexibility index (Phi) is 7.39. The molecule has 0 heterocycles. The molecule has 0 atom stereocenters. The van der Waals surface area contributed by atoms with Crippen LogP contribution in [0.1, 0.15) is 38.5 Å². The first-order valence-corrected chi connectivity index (χ1v) is 4.51. The van der Waals surface area contributed by atoms with E-state index in [1.165, 1.54) is 0 Å². The van der Waals surface area contributed by atoms with Crippen molar-refractivity contribution in [2.24, 2.45) is 0 Å². The van der Waals surface area contributed by atoms with Gasteiger partial charge in [0.2, 0.25) is 0 Å². The maximum atomic E-state index is 10.5. The van der Waals surface area contributed by atoms with E-state index in [2.05, 4.69) is 4.29 Å². The van der Waals surface area contributed by atoms with E-state index in [0.717, 1.165) is 12.8 Å². The summed E-state index contributed by atoms with van der Waals surface area (Å²) in [6, 6.07) is 0. The first-order chi connectivity index (χ1) is 6.16. The van der Waals surface area contributed by atoms with Crippen molar-refractivity contribution in [3.05, 3.63) is 0 Å². The van der Waals surface area contributed by atoms with Crippen LogP contribution in [0.3, 0.4) is 0 Å². The number of carboxylic acids is 1. The van der Waals surface area contributed by atoms with Crippen molar-refractivity contribution >= 4 is 23.8 Å². The molecule has 0 unspecified atom stereocenters. The quantitative estimate of drug-likeness (QED) is 0.651. The predicted molar refractivity (Wildman–Crippen MR) is 47.3 cm³/mol. The molecule has 0 aliphatic heterocycles. The van der Waals surface area contributed by atoms with Gasteiger partial charge in [-0.2, -0.15) is 0 Å². The fraction of sp³-hybridized carbons (Fsp3) is 0.750. The van der Waals surface area contributed by atoms with Crippen LogP contribution in [0.2, 0.25) is 0 Å². The van der Waals surface area contributed by atoms with Crippen LogP contribution < -0.4 is 0 Å². The SMILES string of the molecule is O=C(O)CCCCCCC(=O)OCl. The summed E-state index contributed by atoms with van der Waals surface area (Å²) in [7, 11) is 0. The number of carboxylic acid groups (broad SMARTS) is 1. The number of carbonyl (C=O) groups excluding carboxylic acids is 1. The molecule has 0 bridgehead atoms. The van der Waals surface area contributed by atoms with Crippen molar-refractivity contribution in [3.63, 3.8) is 0 Å². The Labute approximate surface area is 82.0 Å². The van der Waals surface area contributed by atoms with Crippen molar-refractivity contribution in [3.8, 4) is 0 Å². The molecule has 0 amide bonds. The van der Waals surface area contributed by atoms with Gasteiger partial charge in [0.1, 0.15) is 11.9 Å². The van der Waals surface area contributed by atoms with Gasteiger partial charge in [0.25, 0.3) is 0 Å². The fourth-order valence-corrected chi connectivity index (χ4v) is 1.01. The lowest BCUT2D eigenvalue weighted by Gasteiger charge is -1.97. The van der Waals surface area contributed by atoms with Gasteiger partial charge in [-0.1, -0.05) is 12.8 Å². The predicted octanol–water partition coefficient (Wildman–Crippen LogP) is 2.11. The average Bonchev–Trinajstić information content (AvgIpc) is 2.10. The van der Waals surface area contributed by atoms with Gasteiger partial charge in [0.15, 0.2) is 0 Å². The minimum Gasteiger partial charge on any atom is -0.481 e. The van der Waals surface area contributed by atoms with E-state index >= 15 is 0 Å². The molecule has 0 saturated carbocycles. The van der Waals surface area contributed by atoms with Crippen LogP contribution >= 0.6 is 11.9 Å². The van der Waals surface area contributed by atoms with Crippen molar-refractivity contribution in [2.45, 2.75) is 38.5 Å². The zero-order valence-corrected chi connectivity index (χ0v) is 8.05. The van der Waals surface area contributed by atoms with E-state index in [9.17, 15) is 9.59 Å². The minimum absolute atomic E-state index is 0.194. The van der Waals surface area contributed by atoms with Gasteiger partial charge in [0, 0.05) is 12.8 Å². The third-order valence-electron chi connectivity index (χ3n) is 1.61. The highest BCUT2D eigenvalue weighted by Crippen LogP contribution is 2.06. The molecule has 0 saturated heterocycles. The molecular formula is C8H13ClO4. The third kappa shape index (κ3) is 9.14. The number of unbranched alkanes of at least 4 members (excludes halogenated alkanes) is 3. The van der Waals surface area contributed by atoms with Crippen molar-refractivity contribution < 1.29 is 19.0 Å². The molecule has 0 aromatic carbocycles. The average molecular weight is 209 g/mol. The van der Waals surface area contributed by atoms with Crippen LogP contribution in [-0.4, -0.2) is 17.0 Å². The second-order valence-electron chi connectivity index (χ2n) is 2.76. The number of hydrogen-bond acceptors (Lipinski definition) is 3. The van der Waals surface area contributed by atoms with Crippen LogP contribution in [0.5, 0.6) is 0 Å². The topological polar surface area (TPSA) is 63.6 Å². The molecule has 0 fully saturated rings. The number of carbonyl (C=O) groups is 2. The zero-order valence-electron chi connectivity index (χ0n) is 7.29. The summed E-state index contributed by atoms with van der Waals surface area (Å²) in [5, 5.41) is 8.30. The molecule has 0 rings (SSSR count). The van der Waals surface area contributed by atoms with E-state index in [0.29, 0.717) is 19.3 Å². The van der Waals surface area contributed by atoms with E-state index < -0.39 is 11.9 Å². The van der Waals surface area contributed by atoms with Crippen molar-refractivity contribution in [1.82, 2.24) is 0 Å². The van der Waals surface area contributed by atoms with E-state index in [-0.39, 0.29) is 6.42 Å². The lowest BCUT2D eigenvalue weighted by Crippen LogP contribution is -1.97. The van der Waals surface area contributed by atoms with Crippen LogP contribution in [-0.2, 0) is 13.9 Å². The molecule has 0 aliphatic rings. The van der Waals surface area contributed by atoms with E-state index in [1.54, 1.807) is 0 Å². The lowest BCUT2D eigenvalue weighted by atomic mass is 10.1. The van der Waals surface area contributed by atoms with Crippen molar-refractivity contribution in [1.29, 1.82) is 0 Å². The molecule has 0 radical (unpaired) electrons. The van der Waals surface area contributed by atoms with Gasteiger partial charge in [-0.05, 0) is 12.8 Å². The summed E-state index contributed by atoms with van der Waals surface area (Å²) in [6.07, 6.45) is 3.51. The van der Waals surface area contributed by atoms with Crippen molar-refractivity contribution in [2.75, 3.05) is 0 Å². The maximum absolute atomic E-state index is 10.5. The first-order valence-electron chi connectivity index (χ1n) is 4.20. The summed E-state index contributed by atoms with van der Waals surface area (Å²) < 4.78 is 3.93. The van der Waals surface area contributed by atoms with Crippen LogP contribution in [0.25, 0.3) is 0 Å². The Morgan fingerprint density at radius 2 is 1.62 bits per heavy atom. The second-order valence-corrected chi connectivity index (χ2v) is 2.91. The molecule has 13 heavy (non-hydrogen) atoms. The molecule has 1 N–H and O–H groups in total. The number of aliphatic carboxylic acids is 1. The van der Waals surface area contributed by atoms with Gasteiger partial charge < -0.3 is 9.40 Å². The molecule has 0 aromatic rings. The van der Waals surface area contributed by atoms with Gasteiger partial charge >= 0.3 is 11.9 Å². The van der Waals surface area contributed by atoms with Crippen LogP contribution in [0, 0.1) is 0 Å².